The van der Waals surface area contributed by atoms with Crippen LogP contribution in [0, 0.1) is 0 Å². The highest BCUT2D eigenvalue weighted by atomic mass is 32.2. The second kappa shape index (κ2) is 7.67. The van der Waals surface area contributed by atoms with Gasteiger partial charge in [-0.15, -0.1) is 10.2 Å². The van der Waals surface area contributed by atoms with Crippen LogP contribution < -0.4 is 0 Å². The Bertz CT molecular complexity index is 713. The molecule has 0 aliphatic carbocycles. The Kier molecular flexibility index (Phi) is 5.37. The zero-order valence-corrected chi connectivity index (χ0v) is 14.3. The van der Waals surface area contributed by atoms with E-state index in [2.05, 4.69) is 10.2 Å². The van der Waals surface area contributed by atoms with Gasteiger partial charge in [-0.25, -0.2) is 0 Å². The van der Waals surface area contributed by atoms with Gasteiger partial charge in [0, 0.05) is 19.6 Å². The van der Waals surface area contributed by atoms with Gasteiger partial charge in [-0.05, 0) is 19.1 Å². The number of hydrogen-bond donors (Lipinski definition) is 1. The normalized spacial score (nSPS) is 14.8. The number of morpholine rings is 1. The number of carbonyl (C=O) groups excluding carboxylic acids is 1. The van der Waals surface area contributed by atoms with E-state index < -0.39 is 0 Å². The first kappa shape index (κ1) is 16.8. The minimum absolute atomic E-state index is 0.0815. The topological polar surface area (TPSA) is 80.5 Å². The molecule has 3 rings (SSSR count). The molecule has 0 unspecified atom stereocenters. The van der Waals surface area contributed by atoms with Crippen LogP contribution in [0.25, 0.3) is 11.4 Å². The van der Waals surface area contributed by atoms with Crippen molar-refractivity contribution in [2.45, 2.75) is 18.6 Å². The van der Waals surface area contributed by atoms with Crippen LogP contribution in [0.4, 0.5) is 0 Å². The highest BCUT2D eigenvalue weighted by Crippen LogP contribution is 2.30. The molecule has 8 heteroatoms. The molecule has 1 N–H and O–H groups in total. The van der Waals surface area contributed by atoms with Crippen molar-refractivity contribution in [3.05, 3.63) is 24.3 Å². The lowest BCUT2D eigenvalue weighted by Gasteiger charge is -2.26. The van der Waals surface area contributed by atoms with E-state index in [-0.39, 0.29) is 11.7 Å². The summed E-state index contributed by atoms with van der Waals surface area (Å²) in [5, 5.41) is 19.1. The molecule has 0 atom stereocenters. The van der Waals surface area contributed by atoms with Gasteiger partial charge in [0.15, 0.2) is 11.0 Å². The van der Waals surface area contributed by atoms with Gasteiger partial charge < -0.3 is 19.3 Å². The van der Waals surface area contributed by atoms with Gasteiger partial charge >= 0.3 is 0 Å². The monoisotopic (exact) mass is 348 g/mol. The van der Waals surface area contributed by atoms with Crippen molar-refractivity contribution in [3.8, 4) is 17.1 Å². The molecular formula is C16H20N4O3S. The predicted octanol–water partition coefficient (Wildman–Crippen LogP) is 1.62. The van der Waals surface area contributed by atoms with Gasteiger partial charge in [0.25, 0.3) is 0 Å². The summed E-state index contributed by atoms with van der Waals surface area (Å²) < 4.78 is 7.17. The fourth-order valence-corrected chi connectivity index (χ4v) is 3.48. The molecular weight excluding hydrogens is 328 g/mol. The molecule has 128 valence electrons. The standard InChI is InChI=1S/C16H20N4O3S/c1-2-20-15(12-5-3-4-6-13(12)21)17-18-16(20)24-11-14(22)19-7-9-23-10-8-19/h3-6,21H,2,7-11H2,1H3. The summed E-state index contributed by atoms with van der Waals surface area (Å²) in [7, 11) is 0. The second-order valence-corrected chi connectivity index (χ2v) is 6.29. The summed E-state index contributed by atoms with van der Waals surface area (Å²) in [6.45, 7) is 5.12. The molecule has 1 saturated heterocycles. The zero-order valence-electron chi connectivity index (χ0n) is 13.5. The number of carbonyl (C=O) groups is 1. The summed E-state index contributed by atoms with van der Waals surface area (Å²) in [5.74, 6) is 1.18. The lowest BCUT2D eigenvalue weighted by atomic mass is 10.2. The van der Waals surface area contributed by atoms with Crippen molar-refractivity contribution in [2.24, 2.45) is 0 Å². The highest BCUT2D eigenvalue weighted by Gasteiger charge is 2.20. The van der Waals surface area contributed by atoms with Gasteiger partial charge in [-0.1, -0.05) is 23.9 Å². The molecule has 1 aromatic heterocycles. The van der Waals surface area contributed by atoms with Crippen LogP contribution in [-0.2, 0) is 16.1 Å². The van der Waals surface area contributed by atoms with E-state index >= 15 is 0 Å². The molecule has 0 spiro atoms. The van der Waals surface area contributed by atoms with Crippen molar-refractivity contribution in [2.75, 3.05) is 32.1 Å². The third-order valence-corrected chi connectivity index (χ3v) is 4.82. The minimum atomic E-state index is 0.0815. The maximum absolute atomic E-state index is 12.3. The number of phenols is 1. The van der Waals surface area contributed by atoms with Crippen LogP contribution in [0.15, 0.2) is 29.4 Å². The van der Waals surface area contributed by atoms with Crippen LogP contribution in [0.2, 0.25) is 0 Å². The lowest BCUT2D eigenvalue weighted by Crippen LogP contribution is -2.41. The Labute approximate surface area is 144 Å². The number of nitrogens with zero attached hydrogens (tertiary/aromatic N) is 4. The summed E-state index contributed by atoms with van der Waals surface area (Å²) in [6, 6.07) is 7.04. The number of rotatable bonds is 5. The SMILES string of the molecule is CCn1c(SCC(=O)N2CCOCC2)nnc1-c1ccccc1O. The molecule has 0 radical (unpaired) electrons. The Hall–Kier alpha value is -2.06. The Morgan fingerprint density at radius 2 is 2.04 bits per heavy atom. The average molecular weight is 348 g/mol. The number of hydrogen-bond acceptors (Lipinski definition) is 6. The Morgan fingerprint density at radius 3 is 2.75 bits per heavy atom. The van der Waals surface area contributed by atoms with Gasteiger partial charge in [0.1, 0.15) is 5.75 Å². The second-order valence-electron chi connectivity index (χ2n) is 5.35. The third kappa shape index (κ3) is 3.54. The number of ether oxygens (including phenoxy) is 1. The van der Waals surface area contributed by atoms with Crippen molar-refractivity contribution >= 4 is 17.7 Å². The molecule has 1 aliphatic rings. The molecule has 0 bridgehead atoms. The molecule has 1 fully saturated rings. The maximum atomic E-state index is 12.3. The number of amides is 1. The molecule has 7 nitrogen and oxygen atoms in total. The van der Waals surface area contributed by atoms with E-state index in [9.17, 15) is 9.90 Å². The van der Waals surface area contributed by atoms with Crippen molar-refractivity contribution in [3.63, 3.8) is 0 Å². The smallest absolute Gasteiger partial charge is 0.233 e. The van der Waals surface area contributed by atoms with Crippen LogP contribution in [-0.4, -0.2) is 62.7 Å². The predicted molar refractivity (Wildman–Crippen MR) is 90.9 cm³/mol. The first-order chi connectivity index (χ1) is 11.7. The summed E-state index contributed by atoms with van der Waals surface area (Å²) in [5.41, 5.74) is 0.637. The number of phenolic OH excluding ortho intramolecular Hbond substituents is 1. The quantitative estimate of drug-likeness (QED) is 0.827. The van der Waals surface area contributed by atoms with Crippen molar-refractivity contribution < 1.29 is 14.6 Å². The minimum Gasteiger partial charge on any atom is -0.507 e. The van der Waals surface area contributed by atoms with Crippen LogP contribution >= 0.6 is 11.8 Å². The van der Waals surface area contributed by atoms with Crippen LogP contribution in [0.1, 0.15) is 6.92 Å². The Morgan fingerprint density at radius 1 is 1.29 bits per heavy atom. The molecule has 1 amide bonds. The largest absolute Gasteiger partial charge is 0.507 e. The van der Waals surface area contributed by atoms with E-state index in [0.29, 0.717) is 55.1 Å². The fourth-order valence-electron chi connectivity index (χ4n) is 2.57. The van der Waals surface area contributed by atoms with E-state index in [4.69, 9.17) is 4.74 Å². The van der Waals surface area contributed by atoms with Crippen molar-refractivity contribution in [1.82, 2.24) is 19.7 Å². The van der Waals surface area contributed by atoms with Gasteiger partial charge in [0.05, 0.1) is 24.5 Å². The van der Waals surface area contributed by atoms with E-state index in [0.717, 1.165) is 0 Å². The molecule has 2 heterocycles. The molecule has 0 saturated carbocycles. The maximum Gasteiger partial charge on any atom is 0.233 e. The number of thioether (sulfide) groups is 1. The molecule has 1 aromatic carbocycles. The molecule has 24 heavy (non-hydrogen) atoms. The number of para-hydroxylation sites is 1. The Balaban J connectivity index is 1.73. The van der Waals surface area contributed by atoms with Crippen LogP contribution in [0.3, 0.4) is 0 Å². The highest BCUT2D eigenvalue weighted by molar-refractivity contribution is 7.99. The molecule has 2 aromatic rings. The third-order valence-electron chi connectivity index (χ3n) is 3.87. The van der Waals surface area contributed by atoms with E-state index in [1.54, 1.807) is 18.2 Å². The zero-order chi connectivity index (χ0) is 16.9. The lowest BCUT2D eigenvalue weighted by molar-refractivity contribution is -0.132. The van der Waals surface area contributed by atoms with E-state index in [1.165, 1.54) is 11.8 Å². The molecule has 1 aliphatic heterocycles. The average Bonchev–Trinajstić information content (AvgIpc) is 3.03. The first-order valence-electron chi connectivity index (χ1n) is 7.90. The summed E-state index contributed by atoms with van der Waals surface area (Å²) >= 11 is 1.37. The first-order valence-corrected chi connectivity index (χ1v) is 8.89. The van der Waals surface area contributed by atoms with Crippen molar-refractivity contribution in [1.29, 1.82) is 0 Å². The number of aromatic nitrogens is 3. The number of aromatic hydroxyl groups is 1. The number of benzene rings is 1. The van der Waals surface area contributed by atoms with Gasteiger partial charge in [-0.3, -0.25) is 4.79 Å². The summed E-state index contributed by atoms with van der Waals surface area (Å²) in [4.78, 5) is 14.1. The van der Waals surface area contributed by atoms with Gasteiger partial charge in [-0.2, -0.15) is 0 Å². The fraction of sp³-hybridized carbons (Fsp3) is 0.438. The summed E-state index contributed by atoms with van der Waals surface area (Å²) in [6.07, 6.45) is 0. The van der Waals surface area contributed by atoms with Crippen LogP contribution in [0.5, 0.6) is 5.75 Å². The van der Waals surface area contributed by atoms with E-state index in [1.807, 2.05) is 22.5 Å². The van der Waals surface area contributed by atoms with Gasteiger partial charge in [0.2, 0.25) is 5.91 Å².